The summed E-state index contributed by atoms with van der Waals surface area (Å²) in [4.78, 5) is 19.7. The number of aldehydes is 1. The number of rotatable bonds is 9. The van der Waals surface area contributed by atoms with Crippen molar-refractivity contribution in [3.8, 4) is 0 Å². The zero-order chi connectivity index (χ0) is 30.1. The second kappa shape index (κ2) is 12.7. The van der Waals surface area contributed by atoms with Crippen molar-refractivity contribution in [3.63, 3.8) is 0 Å². The number of aliphatic imine (C=N–C) groups is 2. The lowest BCUT2D eigenvalue weighted by molar-refractivity contribution is -0.314. The number of guanidine groups is 2. The molecule has 40 heavy (non-hydrogen) atoms. The van der Waals surface area contributed by atoms with Crippen LogP contribution in [0.5, 0.6) is 0 Å². The quantitative estimate of drug-likeness (QED) is 0.0682. The number of carbonyl (C=O) groups excluding carboxylic acids is 1. The number of nitrogens with one attached hydrogen (secondary N) is 1. The average molecular weight is 582 g/mol. The fraction of sp³-hybridized carbons (Fsp3) is 0.857. The molecule has 2 heterocycles. The van der Waals surface area contributed by atoms with Gasteiger partial charge in [0.1, 0.15) is 60.9 Å². The molecule has 19 heteroatoms. The number of aliphatic hydroxyl groups is 7. The number of aliphatic hydroxyl groups excluding tert-OH is 6. The molecule has 0 spiro atoms. The summed E-state index contributed by atoms with van der Waals surface area (Å²) in [5.41, 5.74) is 19.4. The Hall–Kier alpha value is -2.27. The van der Waals surface area contributed by atoms with E-state index < -0.39 is 110 Å². The molecule has 16 N–H and O–H groups in total. The van der Waals surface area contributed by atoms with Crippen molar-refractivity contribution in [1.29, 1.82) is 0 Å². The zero-order valence-corrected chi connectivity index (χ0v) is 21.7. The Kier molecular flexibility index (Phi) is 10.2. The predicted octanol–water partition coefficient (Wildman–Crippen LogP) is -8.16. The first-order valence-electron chi connectivity index (χ1n) is 12.4. The number of ether oxygens (including phenoxy) is 4. The van der Waals surface area contributed by atoms with Crippen LogP contribution in [0.4, 0.5) is 0 Å². The Bertz CT molecular complexity index is 940. The molecule has 0 aromatic carbocycles. The van der Waals surface area contributed by atoms with Crippen molar-refractivity contribution in [1.82, 2.24) is 5.32 Å². The molecule has 2 aliphatic heterocycles. The number of hydrogen-bond donors (Lipinski definition) is 12. The van der Waals surface area contributed by atoms with Crippen LogP contribution in [0.25, 0.3) is 0 Å². The first kappa shape index (κ1) is 32.2. The molecular formula is C21H39N7O12. The Morgan fingerprint density at radius 3 is 2.02 bits per heavy atom. The highest BCUT2D eigenvalue weighted by atomic mass is 16.8. The van der Waals surface area contributed by atoms with E-state index in [1.807, 2.05) is 0 Å². The van der Waals surface area contributed by atoms with E-state index in [4.69, 9.17) is 41.9 Å². The van der Waals surface area contributed by atoms with Crippen LogP contribution in [-0.2, 0) is 23.7 Å². The van der Waals surface area contributed by atoms with Crippen molar-refractivity contribution in [2.45, 2.75) is 98.2 Å². The van der Waals surface area contributed by atoms with Crippen LogP contribution in [-0.4, -0.2) is 159 Å². The maximum Gasteiger partial charge on any atom is 0.188 e. The van der Waals surface area contributed by atoms with Gasteiger partial charge in [0, 0.05) is 0 Å². The average Bonchev–Trinajstić information content (AvgIpc) is 3.13. The van der Waals surface area contributed by atoms with Gasteiger partial charge in [-0.3, -0.25) is 4.79 Å². The van der Waals surface area contributed by atoms with E-state index in [-0.39, 0.29) is 6.29 Å². The van der Waals surface area contributed by atoms with Gasteiger partial charge < -0.3 is 82.9 Å². The van der Waals surface area contributed by atoms with Crippen molar-refractivity contribution < 1.29 is 59.5 Å². The highest BCUT2D eigenvalue weighted by molar-refractivity contribution is 5.76. The van der Waals surface area contributed by atoms with Gasteiger partial charge in [-0.1, -0.05) is 0 Å². The van der Waals surface area contributed by atoms with E-state index in [1.165, 1.54) is 14.0 Å². The molecule has 3 rings (SSSR count). The minimum absolute atomic E-state index is 0.140. The number of hydrogen-bond acceptors (Lipinski definition) is 15. The molecule has 2 saturated heterocycles. The monoisotopic (exact) mass is 581 g/mol. The van der Waals surface area contributed by atoms with E-state index in [0.717, 1.165) is 0 Å². The van der Waals surface area contributed by atoms with Gasteiger partial charge in [-0.05, 0) is 14.0 Å². The van der Waals surface area contributed by atoms with E-state index in [0.29, 0.717) is 0 Å². The molecule has 3 aliphatic rings. The van der Waals surface area contributed by atoms with Crippen molar-refractivity contribution >= 4 is 18.2 Å². The Labute approximate surface area is 228 Å². The lowest BCUT2D eigenvalue weighted by Gasteiger charge is -2.45. The van der Waals surface area contributed by atoms with Crippen LogP contribution < -0.4 is 28.3 Å². The van der Waals surface area contributed by atoms with Crippen molar-refractivity contribution in [3.05, 3.63) is 0 Å². The summed E-state index contributed by atoms with van der Waals surface area (Å²) in [5.74, 6) is -1.03. The highest BCUT2D eigenvalue weighted by Crippen LogP contribution is 2.38. The SMILES string of the molecule is CN[C@H]1[C@@H](O[C@@H]2[C@H](O[C@@H]3[C@H](O)[C@H](O)[C@H](N=C(N)N)[C@H](O)[C@@H]3N=C(N)N)O[C@@H](C)[C@]2(O)C=O)O[C@H](CO)[C@@H](O)[C@@H]1O. The molecule has 0 unspecified atom stereocenters. The van der Waals surface area contributed by atoms with E-state index in [9.17, 15) is 40.5 Å². The van der Waals surface area contributed by atoms with Crippen molar-refractivity contribution in [2.24, 2.45) is 32.9 Å². The number of nitrogens with two attached hydrogens (primary N) is 4. The molecule has 0 aromatic rings. The third-order valence-corrected chi connectivity index (χ3v) is 7.34. The van der Waals surface area contributed by atoms with Gasteiger partial charge in [0.25, 0.3) is 0 Å². The second-order valence-electron chi connectivity index (χ2n) is 9.89. The van der Waals surface area contributed by atoms with Gasteiger partial charge in [-0.15, -0.1) is 0 Å². The molecule has 1 aliphatic carbocycles. The lowest BCUT2D eigenvalue weighted by Crippen LogP contribution is -2.66. The largest absolute Gasteiger partial charge is 0.394 e. The topological polar surface area (TPSA) is 336 Å². The maximum absolute atomic E-state index is 12.1. The first-order chi connectivity index (χ1) is 18.7. The summed E-state index contributed by atoms with van der Waals surface area (Å²) in [6, 6.07) is -4.08. The Balaban J connectivity index is 1.96. The smallest absolute Gasteiger partial charge is 0.188 e. The molecule has 15 atom stereocenters. The first-order valence-corrected chi connectivity index (χ1v) is 12.4. The number of likely N-dealkylation sites (N-methyl/N-ethyl adjacent to an activating group) is 1. The number of nitrogens with zero attached hydrogens (tertiary/aromatic N) is 2. The molecule has 230 valence electrons. The van der Waals surface area contributed by atoms with E-state index >= 15 is 0 Å². The molecular weight excluding hydrogens is 542 g/mol. The van der Waals surface area contributed by atoms with Crippen LogP contribution in [0.1, 0.15) is 6.92 Å². The zero-order valence-electron chi connectivity index (χ0n) is 21.7. The summed E-state index contributed by atoms with van der Waals surface area (Å²) in [6.45, 7) is 0.620. The third-order valence-electron chi connectivity index (χ3n) is 7.34. The Morgan fingerprint density at radius 1 is 0.900 bits per heavy atom. The molecule has 0 aromatic heterocycles. The third kappa shape index (κ3) is 6.00. The molecule has 19 nitrogen and oxygen atoms in total. The second-order valence-corrected chi connectivity index (χ2v) is 9.89. The van der Waals surface area contributed by atoms with Gasteiger partial charge in [0.05, 0.1) is 18.8 Å². The maximum atomic E-state index is 12.1. The van der Waals surface area contributed by atoms with Gasteiger partial charge in [-0.2, -0.15) is 0 Å². The molecule has 1 saturated carbocycles. The normalized spacial score (nSPS) is 47.4. The van der Waals surface area contributed by atoms with Gasteiger partial charge in [0.15, 0.2) is 36.4 Å². The Morgan fingerprint density at radius 2 is 1.50 bits per heavy atom. The highest BCUT2D eigenvalue weighted by Gasteiger charge is 2.60. The molecule has 3 fully saturated rings. The van der Waals surface area contributed by atoms with Gasteiger partial charge >= 0.3 is 0 Å². The van der Waals surface area contributed by atoms with Gasteiger partial charge in [-0.25, -0.2) is 9.98 Å². The summed E-state index contributed by atoms with van der Waals surface area (Å²) in [6.07, 6.45) is -17.3. The fourth-order valence-electron chi connectivity index (χ4n) is 5.08. The van der Waals surface area contributed by atoms with Crippen LogP contribution in [0, 0.1) is 0 Å². The predicted molar refractivity (Wildman–Crippen MR) is 133 cm³/mol. The van der Waals surface area contributed by atoms with Crippen LogP contribution in [0.15, 0.2) is 9.98 Å². The number of carbonyl (C=O) groups is 1. The minimum atomic E-state index is -2.38. The van der Waals surface area contributed by atoms with Crippen LogP contribution in [0.2, 0.25) is 0 Å². The van der Waals surface area contributed by atoms with Gasteiger partial charge in [0.2, 0.25) is 0 Å². The lowest BCUT2D eigenvalue weighted by atomic mass is 9.81. The summed E-state index contributed by atoms with van der Waals surface area (Å²) >= 11 is 0. The van der Waals surface area contributed by atoms with Crippen LogP contribution >= 0.6 is 0 Å². The van der Waals surface area contributed by atoms with E-state index in [1.54, 1.807) is 0 Å². The summed E-state index contributed by atoms with van der Waals surface area (Å²) in [7, 11) is 1.42. The van der Waals surface area contributed by atoms with E-state index in [2.05, 4.69) is 15.3 Å². The standard InChI is InChI=1S/C21H39N7O12/c1-5-21(36,4-30)16(40-17-9(26-2)13(34)10(31)6(3-29)38-17)18(37-5)39-15-8(28-20(24)25)11(32)7(27-19(22)23)12(33)14(15)35/h4-18,26,29,31-36H,3H2,1-2H3,(H4,22,23,27)(H4,24,25,28)/t5-,6+,7+,8-,9+,10+,11-,12+,13+,14+,15-,16+,17+,18-,21+/m0/s1. The summed E-state index contributed by atoms with van der Waals surface area (Å²) < 4.78 is 22.9. The van der Waals surface area contributed by atoms with Crippen molar-refractivity contribution in [2.75, 3.05) is 13.7 Å². The van der Waals surface area contributed by atoms with Crippen LogP contribution in [0.3, 0.4) is 0 Å². The summed E-state index contributed by atoms with van der Waals surface area (Å²) in [5, 5.41) is 76.6. The molecule has 0 radical (unpaired) electrons. The molecule has 0 amide bonds. The minimum Gasteiger partial charge on any atom is -0.394 e. The fourth-order valence-corrected chi connectivity index (χ4v) is 5.08. The molecule has 0 bridgehead atoms.